The summed E-state index contributed by atoms with van der Waals surface area (Å²) in [6, 6.07) is 11.9. The van der Waals surface area contributed by atoms with Crippen LogP contribution in [0.2, 0.25) is 0 Å². The van der Waals surface area contributed by atoms with E-state index in [1.54, 1.807) is 26.2 Å². The molecule has 30 heavy (non-hydrogen) atoms. The van der Waals surface area contributed by atoms with Gasteiger partial charge in [0.05, 0.1) is 23.1 Å². The zero-order chi connectivity index (χ0) is 20.7. The third-order valence-corrected chi connectivity index (χ3v) is 5.21. The van der Waals surface area contributed by atoms with E-state index in [4.69, 9.17) is 4.98 Å². The number of hydrogen-bond donors (Lipinski definition) is 4. The molecule has 0 atom stereocenters. The molecule has 1 aromatic carbocycles. The second-order valence-electron chi connectivity index (χ2n) is 7.93. The lowest BCUT2D eigenvalue weighted by Gasteiger charge is -2.19. The summed E-state index contributed by atoms with van der Waals surface area (Å²) in [4.78, 5) is 9.33. The lowest BCUT2D eigenvalue weighted by Crippen LogP contribution is -2.17. The van der Waals surface area contributed by atoms with Crippen LogP contribution in [0.25, 0.3) is 28.2 Å². The van der Waals surface area contributed by atoms with E-state index in [1.165, 1.54) is 0 Å². The largest absolute Gasteiger partial charge is 0.387 e. The van der Waals surface area contributed by atoms with E-state index in [2.05, 4.69) is 31.9 Å². The number of aromatic amines is 1. The minimum Gasteiger partial charge on any atom is -0.387 e. The molecule has 0 amide bonds. The molecule has 0 saturated carbocycles. The highest BCUT2D eigenvalue weighted by Gasteiger charge is 2.19. The molecule has 0 aliphatic carbocycles. The Kier molecular flexibility index (Phi) is 4.25. The Morgan fingerprint density at radius 3 is 2.80 bits per heavy atom. The average Bonchev–Trinajstić information content (AvgIpc) is 3.21. The van der Waals surface area contributed by atoms with Gasteiger partial charge in [-0.1, -0.05) is 0 Å². The van der Waals surface area contributed by atoms with E-state index in [-0.39, 0.29) is 0 Å². The maximum absolute atomic E-state index is 10.2. The van der Waals surface area contributed by atoms with Gasteiger partial charge in [0.1, 0.15) is 11.4 Å². The van der Waals surface area contributed by atoms with E-state index in [0.717, 1.165) is 44.8 Å². The summed E-state index contributed by atoms with van der Waals surface area (Å²) in [5, 5.41) is 25.0. The molecule has 0 bridgehead atoms. The van der Waals surface area contributed by atoms with Gasteiger partial charge in [-0.2, -0.15) is 5.10 Å². The van der Waals surface area contributed by atoms with Gasteiger partial charge < -0.3 is 15.7 Å². The van der Waals surface area contributed by atoms with Crippen molar-refractivity contribution in [2.24, 2.45) is 0 Å². The normalized spacial score (nSPS) is 13.2. The molecule has 0 unspecified atom stereocenters. The third kappa shape index (κ3) is 3.40. The highest BCUT2D eigenvalue weighted by atomic mass is 16.3. The highest BCUT2D eigenvalue weighted by molar-refractivity contribution is 5.83. The molecule has 150 valence electrons. The zero-order valence-electron chi connectivity index (χ0n) is 16.8. The lowest BCUT2D eigenvalue weighted by molar-refractivity contribution is 0.0739. The molecule has 1 aliphatic rings. The lowest BCUT2D eigenvalue weighted by atomic mass is 10.0. The van der Waals surface area contributed by atoms with Crippen molar-refractivity contribution in [3.05, 3.63) is 71.8 Å². The van der Waals surface area contributed by atoms with Crippen molar-refractivity contribution in [2.75, 3.05) is 5.32 Å². The van der Waals surface area contributed by atoms with Crippen molar-refractivity contribution < 1.29 is 5.11 Å². The fourth-order valence-corrected chi connectivity index (χ4v) is 3.55. The maximum atomic E-state index is 10.2. The van der Waals surface area contributed by atoms with E-state index in [1.807, 2.05) is 42.6 Å². The first-order chi connectivity index (χ1) is 14.5. The zero-order valence-corrected chi connectivity index (χ0v) is 16.8. The van der Waals surface area contributed by atoms with Crippen LogP contribution in [-0.4, -0.2) is 25.3 Å². The van der Waals surface area contributed by atoms with Gasteiger partial charge in [-0.05, 0) is 68.1 Å². The van der Waals surface area contributed by atoms with Crippen molar-refractivity contribution in [3.63, 3.8) is 0 Å². The van der Waals surface area contributed by atoms with Gasteiger partial charge in [0.25, 0.3) is 0 Å². The van der Waals surface area contributed by atoms with Crippen LogP contribution in [0.4, 0.5) is 11.5 Å². The molecule has 3 aromatic heterocycles. The van der Waals surface area contributed by atoms with Gasteiger partial charge in [-0.25, -0.2) is 4.98 Å². The van der Waals surface area contributed by atoms with Crippen LogP contribution in [-0.2, 0) is 12.1 Å². The summed E-state index contributed by atoms with van der Waals surface area (Å²) in [6.45, 7) is 4.15. The monoisotopic (exact) mass is 398 g/mol. The van der Waals surface area contributed by atoms with Gasteiger partial charge in [-0.15, -0.1) is 0 Å². The maximum Gasteiger partial charge on any atom is 0.136 e. The molecular formula is C23H22N6O. The number of H-pyrrole nitrogens is 1. The molecule has 1 aliphatic heterocycles. The Morgan fingerprint density at radius 2 is 2.00 bits per heavy atom. The van der Waals surface area contributed by atoms with Crippen molar-refractivity contribution >= 4 is 28.5 Å². The van der Waals surface area contributed by atoms with Crippen LogP contribution in [0.5, 0.6) is 0 Å². The van der Waals surface area contributed by atoms with Gasteiger partial charge >= 0.3 is 0 Å². The van der Waals surface area contributed by atoms with E-state index in [0.29, 0.717) is 12.2 Å². The van der Waals surface area contributed by atoms with Gasteiger partial charge in [0.15, 0.2) is 0 Å². The van der Waals surface area contributed by atoms with Crippen molar-refractivity contribution in [3.8, 4) is 11.3 Å². The highest BCUT2D eigenvalue weighted by Crippen LogP contribution is 2.31. The number of aliphatic hydroxyl groups is 1. The third-order valence-electron chi connectivity index (χ3n) is 5.21. The molecule has 0 fully saturated rings. The number of fused-ring (bicyclic) bond motifs is 2. The number of aromatic nitrogens is 4. The number of nitrogens with one attached hydrogen (secondary N) is 3. The SMILES string of the molecule is CC(C)(O)c1ccc(-c2cc3c(c(Nc4ccc5cn[nH]c5c4)n2)CNC=C3)cn1. The number of nitrogens with zero attached hydrogens (tertiary/aromatic N) is 3. The van der Waals surface area contributed by atoms with Gasteiger partial charge in [0.2, 0.25) is 0 Å². The molecule has 0 spiro atoms. The number of anilines is 2. The summed E-state index contributed by atoms with van der Waals surface area (Å²) in [5.74, 6) is 0.796. The first kappa shape index (κ1) is 18.3. The van der Waals surface area contributed by atoms with Crippen molar-refractivity contribution in [2.45, 2.75) is 26.0 Å². The number of hydrogen-bond acceptors (Lipinski definition) is 6. The van der Waals surface area contributed by atoms with Crippen LogP contribution >= 0.6 is 0 Å². The summed E-state index contributed by atoms with van der Waals surface area (Å²) in [6.07, 6.45) is 7.56. The minimum absolute atomic E-state index is 0.625. The molecule has 4 heterocycles. The van der Waals surface area contributed by atoms with Gasteiger partial charge in [0, 0.05) is 34.9 Å². The molecule has 4 N–H and O–H groups in total. The summed E-state index contributed by atoms with van der Waals surface area (Å²) in [7, 11) is 0. The molecule has 0 radical (unpaired) electrons. The first-order valence-electron chi connectivity index (χ1n) is 9.81. The van der Waals surface area contributed by atoms with E-state index < -0.39 is 5.60 Å². The summed E-state index contributed by atoms with van der Waals surface area (Å²) in [5.41, 5.74) is 5.47. The van der Waals surface area contributed by atoms with Crippen LogP contribution < -0.4 is 10.6 Å². The molecule has 7 heteroatoms. The minimum atomic E-state index is -0.978. The smallest absolute Gasteiger partial charge is 0.136 e. The molecule has 5 rings (SSSR count). The number of benzene rings is 1. The number of pyridine rings is 2. The molecule has 0 saturated heterocycles. The average molecular weight is 398 g/mol. The van der Waals surface area contributed by atoms with Gasteiger partial charge in [-0.3, -0.25) is 10.1 Å². The molecular weight excluding hydrogens is 376 g/mol. The fourth-order valence-electron chi connectivity index (χ4n) is 3.55. The Morgan fingerprint density at radius 1 is 1.10 bits per heavy atom. The van der Waals surface area contributed by atoms with Crippen LogP contribution in [0.3, 0.4) is 0 Å². The second-order valence-corrected chi connectivity index (χ2v) is 7.93. The van der Waals surface area contributed by atoms with Crippen LogP contribution in [0.15, 0.2) is 55.0 Å². The summed E-state index contributed by atoms with van der Waals surface area (Å²) >= 11 is 0. The number of rotatable bonds is 4. The summed E-state index contributed by atoms with van der Waals surface area (Å²) < 4.78 is 0. The topological polar surface area (TPSA) is 98.8 Å². The fraction of sp³-hybridized carbons (Fsp3) is 0.174. The Labute approximate surface area is 173 Å². The van der Waals surface area contributed by atoms with Crippen molar-refractivity contribution in [1.29, 1.82) is 0 Å². The van der Waals surface area contributed by atoms with Crippen LogP contribution in [0.1, 0.15) is 30.7 Å². The predicted molar refractivity (Wildman–Crippen MR) is 118 cm³/mol. The van der Waals surface area contributed by atoms with E-state index >= 15 is 0 Å². The Bertz CT molecular complexity index is 1250. The second kappa shape index (κ2) is 6.96. The quantitative estimate of drug-likeness (QED) is 0.414. The molecule has 4 aromatic rings. The Hall–Kier alpha value is -3.71. The standard InChI is InChI=1S/C23H22N6O/c1-23(2,30)21-6-4-15(11-25-21)19-9-14-7-8-24-13-18(14)22(28-19)27-17-5-3-16-12-26-29-20(16)10-17/h3-12,24,30H,13H2,1-2H3,(H,26,29)(H,27,28). The Balaban J connectivity index is 1.56. The molecule has 7 nitrogen and oxygen atoms in total. The van der Waals surface area contributed by atoms with Crippen molar-refractivity contribution in [1.82, 2.24) is 25.5 Å². The van der Waals surface area contributed by atoms with E-state index in [9.17, 15) is 5.11 Å². The predicted octanol–water partition coefficient (Wildman–Crippen LogP) is 4.06. The van der Waals surface area contributed by atoms with Crippen LogP contribution in [0, 0.1) is 0 Å². The first-order valence-corrected chi connectivity index (χ1v) is 9.81.